The molecule has 2 rings (SSSR count). The average molecular weight is 258 g/mol. The zero-order valence-electron chi connectivity index (χ0n) is 12.1. The van der Waals surface area contributed by atoms with E-state index in [-0.39, 0.29) is 0 Å². The third-order valence-corrected chi connectivity index (χ3v) is 3.86. The van der Waals surface area contributed by atoms with Crippen LogP contribution in [0.5, 0.6) is 0 Å². The van der Waals surface area contributed by atoms with Gasteiger partial charge in [0.2, 0.25) is 0 Å². The van der Waals surface area contributed by atoms with Crippen LogP contribution in [0, 0.1) is 5.92 Å². The summed E-state index contributed by atoms with van der Waals surface area (Å²) < 4.78 is 5.16. The van der Waals surface area contributed by atoms with Crippen molar-refractivity contribution >= 4 is 0 Å². The first-order valence-electron chi connectivity index (χ1n) is 7.43. The minimum absolute atomic E-state index is 0.372. The molecule has 1 atom stereocenters. The Hall–Kier alpha value is -0.160. The Labute approximate surface area is 112 Å². The number of piperidine rings is 1. The Morgan fingerprint density at radius 3 is 2.22 bits per heavy atom. The fourth-order valence-electron chi connectivity index (χ4n) is 2.50. The van der Waals surface area contributed by atoms with Gasteiger partial charge in [0.05, 0.1) is 13.2 Å². The largest absolute Gasteiger partial charge is 0.396 e. The topological polar surface area (TPSA) is 35.9 Å². The highest BCUT2D eigenvalue weighted by atomic mass is 16.5. The van der Waals surface area contributed by atoms with E-state index in [4.69, 9.17) is 9.84 Å². The number of hydrogen-bond donors (Lipinski definition) is 1. The molecule has 0 aromatic heterocycles. The molecule has 2 aliphatic rings. The van der Waals surface area contributed by atoms with Crippen molar-refractivity contribution in [1.29, 1.82) is 0 Å². The fraction of sp³-hybridized carbons (Fsp3) is 1.00. The molecule has 2 aliphatic heterocycles. The molecule has 0 aliphatic carbocycles. The quantitative estimate of drug-likeness (QED) is 0.821. The molecule has 4 nitrogen and oxygen atoms in total. The molecule has 0 saturated carbocycles. The zero-order valence-corrected chi connectivity index (χ0v) is 12.1. The normalized spacial score (nSPS) is 26.5. The Bertz CT molecular complexity index is 186. The summed E-state index contributed by atoms with van der Waals surface area (Å²) in [6.45, 7) is 13.5. The van der Waals surface area contributed by atoms with Crippen molar-refractivity contribution in [2.24, 2.45) is 5.92 Å². The standard InChI is InChI=1S/C8H17NO.C6H13NO/c1-2-9-5-3-4-8(6-9)7-10;1-2-7-3-5-8-6-4-7/h8,10H,2-7H2,1H3;2-6H2,1H3. The van der Waals surface area contributed by atoms with Crippen LogP contribution in [0.3, 0.4) is 0 Å². The first-order chi connectivity index (χ1) is 8.80. The van der Waals surface area contributed by atoms with E-state index >= 15 is 0 Å². The predicted molar refractivity (Wildman–Crippen MR) is 74.9 cm³/mol. The van der Waals surface area contributed by atoms with Crippen LogP contribution in [0.15, 0.2) is 0 Å². The maximum Gasteiger partial charge on any atom is 0.0594 e. The number of rotatable bonds is 3. The van der Waals surface area contributed by atoms with E-state index in [1.807, 2.05) is 0 Å². The van der Waals surface area contributed by atoms with Crippen molar-refractivity contribution in [1.82, 2.24) is 9.80 Å². The van der Waals surface area contributed by atoms with Crippen LogP contribution in [-0.4, -0.2) is 74.0 Å². The summed E-state index contributed by atoms with van der Waals surface area (Å²) in [6.07, 6.45) is 2.48. The highest BCUT2D eigenvalue weighted by molar-refractivity contribution is 4.70. The van der Waals surface area contributed by atoms with Crippen LogP contribution >= 0.6 is 0 Å². The lowest BCUT2D eigenvalue weighted by atomic mass is 9.99. The van der Waals surface area contributed by atoms with Gasteiger partial charge in [0.25, 0.3) is 0 Å². The highest BCUT2D eigenvalue weighted by Gasteiger charge is 2.16. The second-order valence-electron chi connectivity index (χ2n) is 5.13. The summed E-state index contributed by atoms with van der Waals surface area (Å²) >= 11 is 0. The second-order valence-corrected chi connectivity index (χ2v) is 5.13. The van der Waals surface area contributed by atoms with E-state index in [0.29, 0.717) is 12.5 Å². The number of morpholine rings is 1. The van der Waals surface area contributed by atoms with Gasteiger partial charge in [0.1, 0.15) is 0 Å². The summed E-state index contributed by atoms with van der Waals surface area (Å²) in [6, 6.07) is 0. The average Bonchev–Trinajstić information content (AvgIpc) is 2.48. The summed E-state index contributed by atoms with van der Waals surface area (Å²) in [4.78, 5) is 4.80. The van der Waals surface area contributed by atoms with Gasteiger partial charge >= 0.3 is 0 Å². The molecule has 2 heterocycles. The van der Waals surface area contributed by atoms with Crippen LogP contribution in [0.1, 0.15) is 26.7 Å². The molecule has 0 spiro atoms. The summed E-state index contributed by atoms with van der Waals surface area (Å²) in [5.41, 5.74) is 0. The number of hydrogen-bond acceptors (Lipinski definition) is 4. The Morgan fingerprint density at radius 1 is 1.06 bits per heavy atom. The van der Waals surface area contributed by atoms with Gasteiger partial charge < -0.3 is 14.7 Å². The third kappa shape index (κ3) is 6.14. The molecular weight excluding hydrogens is 228 g/mol. The molecule has 2 fully saturated rings. The van der Waals surface area contributed by atoms with Crippen LogP contribution in [0.4, 0.5) is 0 Å². The lowest BCUT2D eigenvalue weighted by molar-refractivity contribution is 0.0405. The van der Waals surface area contributed by atoms with E-state index in [1.165, 1.54) is 25.9 Å². The SMILES string of the molecule is CCN1CCCC(CO)C1.CCN1CCOCC1. The van der Waals surface area contributed by atoms with Crippen molar-refractivity contribution in [2.45, 2.75) is 26.7 Å². The van der Waals surface area contributed by atoms with Crippen molar-refractivity contribution in [3.05, 3.63) is 0 Å². The molecule has 1 N–H and O–H groups in total. The summed E-state index contributed by atoms with van der Waals surface area (Å²) in [5.74, 6) is 0.550. The van der Waals surface area contributed by atoms with Gasteiger partial charge in [-0.05, 0) is 38.4 Å². The molecular formula is C14H30N2O2. The predicted octanol–water partition coefficient (Wildman–Crippen LogP) is 1.05. The molecule has 108 valence electrons. The third-order valence-electron chi connectivity index (χ3n) is 3.86. The van der Waals surface area contributed by atoms with Crippen molar-refractivity contribution in [3.8, 4) is 0 Å². The van der Waals surface area contributed by atoms with Crippen molar-refractivity contribution < 1.29 is 9.84 Å². The van der Waals surface area contributed by atoms with Gasteiger partial charge in [0, 0.05) is 26.2 Å². The van der Waals surface area contributed by atoms with Gasteiger partial charge in [-0.2, -0.15) is 0 Å². The van der Waals surface area contributed by atoms with Gasteiger partial charge in [-0.15, -0.1) is 0 Å². The van der Waals surface area contributed by atoms with Crippen LogP contribution in [0.2, 0.25) is 0 Å². The van der Waals surface area contributed by atoms with E-state index in [9.17, 15) is 0 Å². The van der Waals surface area contributed by atoms with E-state index < -0.39 is 0 Å². The number of nitrogens with zero attached hydrogens (tertiary/aromatic N) is 2. The monoisotopic (exact) mass is 258 g/mol. The lowest BCUT2D eigenvalue weighted by Crippen LogP contribution is -2.36. The van der Waals surface area contributed by atoms with Crippen molar-refractivity contribution in [2.75, 3.05) is 59.1 Å². The van der Waals surface area contributed by atoms with Crippen molar-refractivity contribution in [3.63, 3.8) is 0 Å². The van der Waals surface area contributed by atoms with Crippen LogP contribution in [-0.2, 0) is 4.74 Å². The smallest absolute Gasteiger partial charge is 0.0594 e. The number of ether oxygens (including phenoxy) is 1. The highest BCUT2D eigenvalue weighted by Crippen LogP contribution is 2.14. The fourth-order valence-corrected chi connectivity index (χ4v) is 2.50. The summed E-state index contributed by atoms with van der Waals surface area (Å²) in [7, 11) is 0. The summed E-state index contributed by atoms with van der Waals surface area (Å²) in [5, 5.41) is 8.88. The minimum atomic E-state index is 0.372. The zero-order chi connectivity index (χ0) is 13.2. The molecule has 1 unspecified atom stereocenters. The van der Waals surface area contributed by atoms with Gasteiger partial charge in [0.15, 0.2) is 0 Å². The maximum absolute atomic E-state index is 8.88. The lowest BCUT2D eigenvalue weighted by Gasteiger charge is -2.30. The molecule has 0 amide bonds. The number of aliphatic hydroxyl groups excluding tert-OH is 1. The number of aliphatic hydroxyl groups is 1. The molecule has 0 aromatic carbocycles. The molecule has 2 saturated heterocycles. The molecule has 18 heavy (non-hydrogen) atoms. The molecule has 0 bridgehead atoms. The van der Waals surface area contributed by atoms with Gasteiger partial charge in [-0.3, -0.25) is 4.90 Å². The Morgan fingerprint density at radius 2 is 1.72 bits per heavy atom. The van der Waals surface area contributed by atoms with E-state index in [2.05, 4.69) is 23.6 Å². The van der Waals surface area contributed by atoms with E-state index in [1.54, 1.807) is 0 Å². The number of likely N-dealkylation sites (N-methyl/N-ethyl adjacent to an activating group) is 1. The maximum atomic E-state index is 8.88. The number of likely N-dealkylation sites (tertiary alicyclic amines) is 1. The Balaban J connectivity index is 0.000000184. The molecule has 0 aromatic rings. The Kier molecular flexibility index (Phi) is 8.59. The minimum Gasteiger partial charge on any atom is -0.396 e. The molecule has 0 radical (unpaired) electrons. The van der Waals surface area contributed by atoms with Crippen LogP contribution in [0.25, 0.3) is 0 Å². The van der Waals surface area contributed by atoms with Gasteiger partial charge in [-0.25, -0.2) is 0 Å². The van der Waals surface area contributed by atoms with E-state index in [0.717, 1.165) is 39.4 Å². The first kappa shape index (κ1) is 15.9. The van der Waals surface area contributed by atoms with Crippen LogP contribution < -0.4 is 0 Å². The second kappa shape index (κ2) is 9.73. The first-order valence-corrected chi connectivity index (χ1v) is 7.43. The van der Waals surface area contributed by atoms with Gasteiger partial charge in [-0.1, -0.05) is 13.8 Å². The molecule has 4 heteroatoms.